The third kappa shape index (κ3) is 3.76. The third-order valence-electron chi connectivity index (χ3n) is 7.45. The minimum Gasteiger partial charge on any atom is -0.355 e. The van der Waals surface area contributed by atoms with Crippen molar-refractivity contribution in [1.82, 2.24) is 20.1 Å². The molecule has 2 aromatic rings. The Morgan fingerprint density at radius 1 is 1.16 bits per heavy atom. The van der Waals surface area contributed by atoms with E-state index < -0.39 is 0 Å². The molecule has 7 heteroatoms. The van der Waals surface area contributed by atoms with Gasteiger partial charge in [0.2, 0.25) is 11.5 Å². The molecule has 2 N–H and O–H groups in total. The topological polar surface area (TPSA) is 85.5 Å². The molecule has 31 heavy (non-hydrogen) atoms. The lowest BCUT2D eigenvalue weighted by atomic mass is 9.72. The van der Waals surface area contributed by atoms with Gasteiger partial charge in [-0.1, -0.05) is 24.6 Å². The van der Waals surface area contributed by atoms with E-state index >= 15 is 0 Å². The van der Waals surface area contributed by atoms with Gasteiger partial charge in [-0.25, -0.2) is 0 Å². The van der Waals surface area contributed by atoms with Crippen molar-refractivity contribution in [1.29, 1.82) is 0 Å². The minimum absolute atomic E-state index is 0.00518. The van der Waals surface area contributed by atoms with Crippen LogP contribution in [0.1, 0.15) is 43.0 Å². The van der Waals surface area contributed by atoms with Crippen molar-refractivity contribution in [2.45, 2.75) is 44.7 Å². The highest BCUT2D eigenvalue weighted by atomic mass is 16.2. The molecule has 1 aromatic heterocycles. The number of aromatic nitrogens is 1. The number of carbonyl (C=O) groups excluding carboxylic acids is 2. The Balaban J connectivity index is 1.45. The lowest BCUT2D eigenvalue weighted by Crippen LogP contribution is -2.66. The molecule has 3 fully saturated rings. The molecule has 0 unspecified atom stereocenters. The van der Waals surface area contributed by atoms with Crippen LogP contribution in [0.15, 0.2) is 35.1 Å². The highest BCUT2D eigenvalue weighted by molar-refractivity contribution is 6.06. The molecular formula is C24H30N4O3. The number of hydrogen-bond donors (Lipinski definition) is 2. The molecule has 3 aliphatic heterocycles. The molecule has 0 aliphatic carbocycles. The number of hydrogen-bond acceptors (Lipinski definition) is 4. The SMILES string of the molecule is CC(=O)NC[C@H]1[C@H]2C[C@H](CN(C(=O)c3cc(=O)[nH]c4ccccc34)C2)[C@@H]2CCCCN21. The average Bonchev–Trinajstić information content (AvgIpc) is 2.77. The molecule has 2 bridgehead atoms. The zero-order chi connectivity index (χ0) is 21.5. The highest BCUT2D eigenvalue weighted by Gasteiger charge is 2.48. The summed E-state index contributed by atoms with van der Waals surface area (Å²) in [6.45, 7) is 4.69. The summed E-state index contributed by atoms with van der Waals surface area (Å²) in [6.07, 6.45) is 4.69. The Bertz CT molecular complexity index is 1060. The monoisotopic (exact) mass is 422 g/mol. The number of nitrogens with zero attached hydrogens (tertiary/aromatic N) is 2. The number of amides is 2. The standard InChI is InChI=1S/C24H30N4O3/c1-15(29)25-12-22-17-10-16(21-8-4-5-9-28(21)22)13-27(14-17)24(31)19-11-23(30)26-20-7-3-2-6-18(19)20/h2-3,6-7,11,16-17,21-22H,4-5,8-10,12-14H2,1H3,(H,25,29)(H,26,30)/t16-,17+,21+,22+/m1/s1. The van der Waals surface area contributed by atoms with E-state index in [1.54, 1.807) is 6.92 Å². The average molecular weight is 423 g/mol. The summed E-state index contributed by atoms with van der Waals surface area (Å²) in [5.74, 6) is 0.718. The third-order valence-corrected chi connectivity index (χ3v) is 7.45. The second-order valence-corrected chi connectivity index (χ2v) is 9.36. The second-order valence-electron chi connectivity index (χ2n) is 9.36. The van der Waals surface area contributed by atoms with Gasteiger partial charge in [-0.3, -0.25) is 19.3 Å². The first-order chi connectivity index (χ1) is 15.0. The Labute approximate surface area is 181 Å². The van der Waals surface area contributed by atoms with E-state index in [9.17, 15) is 14.4 Å². The van der Waals surface area contributed by atoms with E-state index in [1.165, 1.54) is 18.9 Å². The summed E-state index contributed by atoms with van der Waals surface area (Å²) >= 11 is 0. The Morgan fingerprint density at radius 3 is 2.81 bits per heavy atom. The number of piperidine rings is 3. The summed E-state index contributed by atoms with van der Waals surface area (Å²) in [5, 5.41) is 3.82. The van der Waals surface area contributed by atoms with Gasteiger partial charge in [0.15, 0.2) is 0 Å². The van der Waals surface area contributed by atoms with Gasteiger partial charge in [-0.15, -0.1) is 0 Å². The molecule has 3 aliphatic rings. The zero-order valence-corrected chi connectivity index (χ0v) is 18.0. The number of aromatic amines is 1. The van der Waals surface area contributed by atoms with Crippen LogP contribution < -0.4 is 10.9 Å². The summed E-state index contributed by atoms with van der Waals surface area (Å²) < 4.78 is 0. The molecule has 2 amide bonds. The van der Waals surface area contributed by atoms with E-state index in [0.717, 1.165) is 31.3 Å². The van der Waals surface area contributed by atoms with E-state index in [-0.39, 0.29) is 23.4 Å². The van der Waals surface area contributed by atoms with E-state index in [1.807, 2.05) is 29.2 Å². The number of carbonyl (C=O) groups is 2. The van der Waals surface area contributed by atoms with Crippen LogP contribution in [-0.2, 0) is 4.79 Å². The highest BCUT2D eigenvalue weighted by Crippen LogP contribution is 2.41. The van der Waals surface area contributed by atoms with Gasteiger partial charge in [0.25, 0.3) is 5.91 Å². The summed E-state index contributed by atoms with van der Waals surface area (Å²) in [7, 11) is 0. The largest absolute Gasteiger partial charge is 0.355 e. The molecular weight excluding hydrogens is 392 g/mol. The van der Waals surface area contributed by atoms with Gasteiger partial charge in [0, 0.05) is 55.6 Å². The van der Waals surface area contributed by atoms with Gasteiger partial charge in [-0.05, 0) is 43.7 Å². The van der Waals surface area contributed by atoms with Crippen molar-refractivity contribution in [2.75, 3.05) is 26.2 Å². The van der Waals surface area contributed by atoms with Crippen LogP contribution >= 0.6 is 0 Å². The number of likely N-dealkylation sites (tertiary alicyclic amines) is 1. The van der Waals surface area contributed by atoms with E-state index in [2.05, 4.69) is 15.2 Å². The van der Waals surface area contributed by atoms with Gasteiger partial charge in [0.1, 0.15) is 0 Å². The fourth-order valence-corrected chi connectivity index (χ4v) is 6.15. The van der Waals surface area contributed by atoms with Crippen molar-refractivity contribution >= 4 is 22.7 Å². The minimum atomic E-state index is -0.249. The van der Waals surface area contributed by atoms with Crippen LogP contribution in [0.3, 0.4) is 0 Å². The van der Waals surface area contributed by atoms with Crippen LogP contribution in [0.4, 0.5) is 0 Å². The smallest absolute Gasteiger partial charge is 0.254 e. The molecule has 164 valence electrons. The van der Waals surface area contributed by atoms with Crippen LogP contribution in [0, 0.1) is 11.8 Å². The lowest BCUT2D eigenvalue weighted by molar-refractivity contribution is -0.120. The van der Waals surface area contributed by atoms with Gasteiger partial charge in [-0.2, -0.15) is 0 Å². The Morgan fingerprint density at radius 2 is 1.97 bits per heavy atom. The Hall–Kier alpha value is -2.67. The molecule has 3 saturated heterocycles. The quantitative estimate of drug-likeness (QED) is 0.792. The van der Waals surface area contributed by atoms with Gasteiger partial charge in [0.05, 0.1) is 5.56 Å². The van der Waals surface area contributed by atoms with Crippen molar-refractivity contribution in [2.24, 2.45) is 11.8 Å². The molecule has 7 nitrogen and oxygen atoms in total. The number of para-hydroxylation sites is 1. The van der Waals surface area contributed by atoms with Crippen LogP contribution in [-0.4, -0.2) is 64.9 Å². The fourth-order valence-electron chi connectivity index (χ4n) is 6.15. The lowest BCUT2D eigenvalue weighted by Gasteiger charge is -2.56. The summed E-state index contributed by atoms with van der Waals surface area (Å²) in [6, 6.07) is 9.66. The predicted octanol–water partition coefficient (Wildman–Crippen LogP) is 1.98. The maximum Gasteiger partial charge on any atom is 0.254 e. The number of pyridine rings is 1. The molecule has 4 atom stereocenters. The number of fused-ring (bicyclic) bond motifs is 5. The molecule has 0 saturated carbocycles. The first kappa shape index (κ1) is 20.2. The molecule has 5 rings (SSSR count). The number of rotatable bonds is 3. The van der Waals surface area contributed by atoms with Crippen molar-refractivity contribution in [3.05, 3.63) is 46.2 Å². The van der Waals surface area contributed by atoms with Crippen molar-refractivity contribution in [3.8, 4) is 0 Å². The molecule has 4 heterocycles. The Kier molecular flexibility index (Phi) is 5.30. The van der Waals surface area contributed by atoms with E-state index in [4.69, 9.17) is 0 Å². The summed E-state index contributed by atoms with van der Waals surface area (Å²) in [5.41, 5.74) is 0.928. The number of benzene rings is 1. The normalized spacial score (nSPS) is 28.2. The van der Waals surface area contributed by atoms with Crippen molar-refractivity contribution in [3.63, 3.8) is 0 Å². The number of nitrogens with one attached hydrogen (secondary N) is 2. The van der Waals surface area contributed by atoms with Gasteiger partial charge < -0.3 is 15.2 Å². The molecule has 0 radical (unpaired) electrons. The fraction of sp³-hybridized carbons (Fsp3) is 0.542. The number of H-pyrrole nitrogens is 1. The zero-order valence-electron chi connectivity index (χ0n) is 18.0. The first-order valence-electron chi connectivity index (χ1n) is 11.4. The predicted molar refractivity (Wildman–Crippen MR) is 119 cm³/mol. The first-order valence-corrected chi connectivity index (χ1v) is 11.4. The molecule has 0 spiro atoms. The second kappa shape index (κ2) is 8.11. The van der Waals surface area contributed by atoms with Gasteiger partial charge >= 0.3 is 0 Å². The van der Waals surface area contributed by atoms with Crippen LogP contribution in [0.5, 0.6) is 0 Å². The van der Waals surface area contributed by atoms with Crippen molar-refractivity contribution < 1.29 is 9.59 Å². The van der Waals surface area contributed by atoms with E-state index in [0.29, 0.717) is 42.0 Å². The summed E-state index contributed by atoms with van der Waals surface area (Å²) in [4.78, 5) is 44.8. The maximum absolute atomic E-state index is 13.6. The van der Waals surface area contributed by atoms with Crippen LogP contribution in [0.2, 0.25) is 0 Å². The maximum atomic E-state index is 13.6. The molecule has 1 aromatic carbocycles. The van der Waals surface area contributed by atoms with Crippen LogP contribution in [0.25, 0.3) is 10.9 Å².